The number of aliphatic hydroxyl groups is 1. The van der Waals surface area contributed by atoms with E-state index in [0.717, 1.165) is 0 Å². The zero-order valence-electron chi connectivity index (χ0n) is 9.71. The van der Waals surface area contributed by atoms with Crippen LogP contribution in [0.5, 0.6) is 0 Å². The zero-order valence-corrected chi connectivity index (χ0v) is 11.3. The first-order valence-corrected chi connectivity index (χ1v) is 7.61. The maximum Gasteiger partial charge on any atom is 0.156 e. The fraction of sp³-hybridized carbons (Fsp3) is 0.364. The molecular formula is C11H15ClN2O3S. The minimum absolute atomic E-state index is 0.0947. The molecule has 0 saturated carbocycles. The van der Waals surface area contributed by atoms with Crippen LogP contribution in [0.25, 0.3) is 0 Å². The molecule has 100 valence electrons. The molecule has 0 aliphatic heterocycles. The molecule has 7 heteroatoms. The molecule has 1 aromatic rings. The third-order valence-corrected chi connectivity index (χ3v) is 3.99. The van der Waals surface area contributed by atoms with E-state index in [2.05, 4.69) is 4.99 Å². The predicted molar refractivity (Wildman–Crippen MR) is 73.0 cm³/mol. The second kappa shape index (κ2) is 6.72. The summed E-state index contributed by atoms with van der Waals surface area (Å²) in [4.78, 5) is 4.02. The van der Waals surface area contributed by atoms with Crippen LogP contribution in [-0.4, -0.2) is 37.6 Å². The average molecular weight is 291 g/mol. The number of benzene rings is 1. The summed E-state index contributed by atoms with van der Waals surface area (Å²) in [5.41, 5.74) is 6.75. The lowest BCUT2D eigenvalue weighted by Crippen LogP contribution is -2.12. The van der Waals surface area contributed by atoms with Crippen LogP contribution in [0.3, 0.4) is 0 Å². The van der Waals surface area contributed by atoms with Crippen LogP contribution in [0.4, 0.5) is 5.69 Å². The second-order valence-electron chi connectivity index (χ2n) is 3.72. The van der Waals surface area contributed by atoms with Gasteiger partial charge in [-0.15, -0.1) is 11.6 Å². The molecule has 0 aliphatic carbocycles. The highest BCUT2D eigenvalue weighted by molar-refractivity contribution is 7.90. The van der Waals surface area contributed by atoms with Gasteiger partial charge in [0.2, 0.25) is 0 Å². The Hall–Kier alpha value is -1.11. The minimum Gasteiger partial charge on any atom is -0.395 e. The predicted octanol–water partition coefficient (Wildman–Crippen LogP) is 0.821. The van der Waals surface area contributed by atoms with Crippen molar-refractivity contribution in [3.8, 4) is 0 Å². The Labute approximate surface area is 111 Å². The van der Waals surface area contributed by atoms with Crippen molar-refractivity contribution in [1.82, 2.24) is 0 Å². The minimum atomic E-state index is -3.26. The highest BCUT2D eigenvalue weighted by atomic mass is 35.5. The number of nitrogens with two attached hydrogens (primary N) is 1. The van der Waals surface area contributed by atoms with Crippen molar-refractivity contribution in [3.05, 3.63) is 29.8 Å². The normalized spacial score (nSPS) is 12.7. The van der Waals surface area contributed by atoms with Crippen LogP contribution < -0.4 is 5.73 Å². The van der Waals surface area contributed by atoms with Gasteiger partial charge in [0, 0.05) is 0 Å². The molecule has 0 spiro atoms. The first kappa shape index (κ1) is 14.9. The maximum absolute atomic E-state index is 11.5. The summed E-state index contributed by atoms with van der Waals surface area (Å²) < 4.78 is 23.0. The standard InChI is InChI=1S/C11H15ClN2O3S/c12-7-11(13)14-10-3-1-9(2-4-10)8-18(16,17)6-5-15/h1-4,15H,5-8H2,(H2,13,14). The van der Waals surface area contributed by atoms with Crippen LogP contribution in [0.15, 0.2) is 29.3 Å². The van der Waals surface area contributed by atoms with Crippen LogP contribution in [0.1, 0.15) is 5.56 Å². The van der Waals surface area contributed by atoms with Crippen LogP contribution in [0, 0.1) is 0 Å². The van der Waals surface area contributed by atoms with E-state index in [-0.39, 0.29) is 24.0 Å². The summed E-state index contributed by atoms with van der Waals surface area (Å²) >= 11 is 5.50. The smallest absolute Gasteiger partial charge is 0.156 e. The summed E-state index contributed by atoms with van der Waals surface area (Å²) in [5, 5.41) is 8.63. The molecule has 0 heterocycles. The largest absolute Gasteiger partial charge is 0.395 e. The number of sulfone groups is 1. The van der Waals surface area contributed by atoms with Gasteiger partial charge in [-0.3, -0.25) is 0 Å². The first-order chi connectivity index (χ1) is 8.46. The lowest BCUT2D eigenvalue weighted by molar-refractivity contribution is 0.319. The van der Waals surface area contributed by atoms with Gasteiger partial charge in [0.15, 0.2) is 9.84 Å². The highest BCUT2D eigenvalue weighted by Gasteiger charge is 2.10. The SMILES string of the molecule is NC(CCl)=Nc1ccc(CS(=O)(=O)CCO)cc1. The molecule has 0 unspecified atom stereocenters. The molecule has 0 amide bonds. The average Bonchev–Trinajstić information content (AvgIpc) is 2.31. The number of halogens is 1. The van der Waals surface area contributed by atoms with Gasteiger partial charge in [-0.2, -0.15) is 0 Å². The van der Waals surface area contributed by atoms with E-state index in [4.69, 9.17) is 22.4 Å². The van der Waals surface area contributed by atoms with Gasteiger partial charge in [0.1, 0.15) is 5.84 Å². The maximum atomic E-state index is 11.5. The van der Waals surface area contributed by atoms with Gasteiger partial charge in [0.25, 0.3) is 0 Å². The van der Waals surface area contributed by atoms with Crippen molar-refractivity contribution in [2.45, 2.75) is 5.75 Å². The molecule has 0 saturated heterocycles. The molecule has 0 aromatic heterocycles. The lowest BCUT2D eigenvalue weighted by atomic mass is 10.2. The molecule has 3 N–H and O–H groups in total. The third kappa shape index (κ3) is 5.03. The van der Waals surface area contributed by atoms with Crippen LogP contribution >= 0.6 is 11.6 Å². The number of rotatable bonds is 6. The number of hydrogen-bond donors (Lipinski definition) is 2. The van der Waals surface area contributed by atoms with E-state index in [1.807, 2.05) is 0 Å². The molecule has 0 bridgehead atoms. The fourth-order valence-electron chi connectivity index (χ4n) is 1.33. The van der Waals surface area contributed by atoms with Gasteiger partial charge in [-0.1, -0.05) is 12.1 Å². The Balaban J connectivity index is 2.78. The van der Waals surface area contributed by atoms with Crippen molar-refractivity contribution in [3.63, 3.8) is 0 Å². The van der Waals surface area contributed by atoms with Crippen molar-refractivity contribution in [2.24, 2.45) is 10.7 Å². The number of aliphatic imine (C=N–C) groups is 1. The number of amidine groups is 1. The lowest BCUT2D eigenvalue weighted by Gasteiger charge is -2.03. The van der Waals surface area contributed by atoms with E-state index in [9.17, 15) is 8.42 Å². The van der Waals surface area contributed by atoms with E-state index in [0.29, 0.717) is 17.1 Å². The second-order valence-corrected chi connectivity index (χ2v) is 6.17. The molecule has 18 heavy (non-hydrogen) atoms. The quantitative estimate of drug-likeness (QED) is 0.461. The van der Waals surface area contributed by atoms with Crippen molar-refractivity contribution in [2.75, 3.05) is 18.2 Å². The molecule has 0 radical (unpaired) electrons. The molecule has 1 aromatic carbocycles. The highest BCUT2D eigenvalue weighted by Crippen LogP contribution is 2.15. The van der Waals surface area contributed by atoms with Crippen molar-refractivity contribution in [1.29, 1.82) is 0 Å². The van der Waals surface area contributed by atoms with E-state index in [1.54, 1.807) is 24.3 Å². The Morgan fingerprint density at radius 3 is 2.44 bits per heavy atom. The monoisotopic (exact) mass is 290 g/mol. The van der Waals surface area contributed by atoms with E-state index < -0.39 is 9.84 Å². The van der Waals surface area contributed by atoms with Gasteiger partial charge >= 0.3 is 0 Å². The topological polar surface area (TPSA) is 92.8 Å². The van der Waals surface area contributed by atoms with E-state index in [1.165, 1.54) is 0 Å². The Morgan fingerprint density at radius 1 is 1.33 bits per heavy atom. The van der Waals surface area contributed by atoms with Crippen molar-refractivity contribution < 1.29 is 13.5 Å². The molecular weight excluding hydrogens is 276 g/mol. The molecule has 0 atom stereocenters. The Kier molecular flexibility index (Phi) is 5.58. The number of aliphatic hydroxyl groups excluding tert-OH is 1. The Morgan fingerprint density at radius 2 is 1.94 bits per heavy atom. The van der Waals surface area contributed by atoms with Crippen LogP contribution in [-0.2, 0) is 15.6 Å². The molecule has 1 rings (SSSR count). The zero-order chi connectivity index (χ0) is 13.6. The van der Waals surface area contributed by atoms with Crippen molar-refractivity contribution >= 4 is 33.0 Å². The molecule has 5 nitrogen and oxygen atoms in total. The molecule has 0 fully saturated rings. The van der Waals surface area contributed by atoms with E-state index >= 15 is 0 Å². The summed E-state index contributed by atoms with van der Waals surface area (Å²) in [6.45, 7) is -0.364. The first-order valence-electron chi connectivity index (χ1n) is 5.26. The number of nitrogens with zero attached hydrogens (tertiary/aromatic N) is 1. The van der Waals surface area contributed by atoms with Gasteiger partial charge in [-0.05, 0) is 17.7 Å². The molecule has 0 aliphatic rings. The van der Waals surface area contributed by atoms with Crippen LogP contribution in [0.2, 0.25) is 0 Å². The number of hydrogen-bond acceptors (Lipinski definition) is 4. The van der Waals surface area contributed by atoms with Gasteiger partial charge in [-0.25, -0.2) is 13.4 Å². The third-order valence-electron chi connectivity index (χ3n) is 2.13. The Bertz CT molecular complexity index is 512. The fourth-order valence-corrected chi connectivity index (χ4v) is 2.51. The van der Waals surface area contributed by atoms with Gasteiger partial charge < -0.3 is 10.8 Å². The summed E-state index contributed by atoms with van der Waals surface area (Å²) in [7, 11) is -3.26. The summed E-state index contributed by atoms with van der Waals surface area (Å²) in [6, 6.07) is 6.66. The summed E-state index contributed by atoms with van der Waals surface area (Å²) in [5.74, 6) is 0.124. The van der Waals surface area contributed by atoms with Gasteiger partial charge in [0.05, 0.1) is 29.7 Å². The number of alkyl halides is 1. The summed E-state index contributed by atoms with van der Waals surface area (Å²) in [6.07, 6.45) is 0.